The van der Waals surface area contributed by atoms with Crippen molar-refractivity contribution in [3.05, 3.63) is 11.6 Å². The van der Waals surface area contributed by atoms with Crippen LogP contribution in [0.5, 0.6) is 0 Å². The minimum Gasteiger partial charge on any atom is -0.358 e. The van der Waals surface area contributed by atoms with Crippen molar-refractivity contribution < 1.29 is 18.0 Å². The van der Waals surface area contributed by atoms with E-state index in [0.717, 1.165) is 5.57 Å². The van der Waals surface area contributed by atoms with Crippen LogP contribution in [0.4, 0.5) is 0 Å². The Bertz CT molecular complexity index is 498. The number of hydrogen-bond acceptors (Lipinski definition) is 4. The van der Waals surface area contributed by atoms with Gasteiger partial charge in [-0.05, 0) is 26.7 Å². The molecule has 0 spiro atoms. The first-order valence-corrected chi connectivity index (χ1v) is 8.33. The van der Waals surface area contributed by atoms with Crippen molar-refractivity contribution in [3.8, 4) is 0 Å². The molecule has 0 saturated carbocycles. The molecule has 6 nitrogen and oxygen atoms in total. The first-order valence-electron chi connectivity index (χ1n) is 6.62. The monoisotopic (exact) mass is 302 g/mol. The molecule has 7 heteroatoms. The first-order chi connectivity index (χ1) is 9.26. The van der Waals surface area contributed by atoms with E-state index in [2.05, 4.69) is 5.32 Å². The second kappa shape index (κ2) is 6.88. The SMILES string of the molecule is CNC(=O)CS(=O)(=O)C1CCN(C(=O)C=C(C)C)CC1. The Morgan fingerprint density at radius 1 is 1.25 bits per heavy atom. The van der Waals surface area contributed by atoms with Gasteiger partial charge in [0.25, 0.3) is 0 Å². The van der Waals surface area contributed by atoms with Gasteiger partial charge in [-0.2, -0.15) is 0 Å². The summed E-state index contributed by atoms with van der Waals surface area (Å²) in [6, 6.07) is 0. The molecule has 0 aromatic carbocycles. The number of rotatable bonds is 4. The van der Waals surface area contributed by atoms with Crippen molar-refractivity contribution in [3.63, 3.8) is 0 Å². The predicted octanol–water partition coefficient (Wildman–Crippen LogP) is 0.104. The average Bonchev–Trinajstić information content (AvgIpc) is 2.37. The number of carbonyl (C=O) groups is 2. The normalized spacial score (nSPS) is 16.6. The second-order valence-electron chi connectivity index (χ2n) is 5.23. The largest absolute Gasteiger partial charge is 0.358 e. The van der Waals surface area contributed by atoms with E-state index in [0.29, 0.717) is 25.9 Å². The van der Waals surface area contributed by atoms with Crippen LogP contribution in [0.2, 0.25) is 0 Å². The maximum atomic E-state index is 12.0. The Labute approximate surface area is 120 Å². The zero-order valence-electron chi connectivity index (χ0n) is 12.2. The minimum absolute atomic E-state index is 0.0767. The van der Waals surface area contributed by atoms with E-state index in [9.17, 15) is 18.0 Å². The summed E-state index contributed by atoms with van der Waals surface area (Å²) in [6.45, 7) is 4.53. The highest BCUT2D eigenvalue weighted by atomic mass is 32.2. The van der Waals surface area contributed by atoms with E-state index < -0.39 is 26.7 Å². The summed E-state index contributed by atoms with van der Waals surface area (Å²) >= 11 is 0. The molecule has 0 aliphatic carbocycles. The van der Waals surface area contributed by atoms with Gasteiger partial charge in [0.15, 0.2) is 9.84 Å². The van der Waals surface area contributed by atoms with Crippen LogP contribution in [0.1, 0.15) is 26.7 Å². The van der Waals surface area contributed by atoms with Crippen LogP contribution < -0.4 is 5.32 Å². The molecule has 1 aliphatic heterocycles. The van der Waals surface area contributed by atoms with Crippen LogP contribution in [0.15, 0.2) is 11.6 Å². The quantitative estimate of drug-likeness (QED) is 0.747. The highest BCUT2D eigenvalue weighted by molar-refractivity contribution is 7.92. The molecule has 1 saturated heterocycles. The molecular formula is C13H22N2O4S. The standard InChI is InChI=1S/C13H22N2O4S/c1-10(2)8-13(17)15-6-4-11(5-7-15)20(18,19)9-12(16)14-3/h8,11H,4-7,9H2,1-3H3,(H,14,16). The number of hydrogen-bond donors (Lipinski definition) is 1. The number of nitrogens with one attached hydrogen (secondary N) is 1. The van der Waals surface area contributed by atoms with Crippen molar-refractivity contribution >= 4 is 21.7 Å². The van der Waals surface area contributed by atoms with Gasteiger partial charge in [-0.3, -0.25) is 9.59 Å². The third kappa shape index (κ3) is 4.63. The van der Waals surface area contributed by atoms with Crippen LogP contribution in [-0.4, -0.2) is 56.3 Å². The van der Waals surface area contributed by atoms with Gasteiger partial charge in [0, 0.05) is 26.2 Å². The number of nitrogens with zero attached hydrogens (tertiary/aromatic N) is 1. The third-order valence-electron chi connectivity index (χ3n) is 3.28. The molecule has 0 unspecified atom stereocenters. The molecule has 0 radical (unpaired) electrons. The first kappa shape index (κ1) is 16.7. The molecular weight excluding hydrogens is 280 g/mol. The number of sulfone groups is 1. The van der Waals surface area contributed by atoms with Gasteiger partial charge < -0.3 is 10.2 Å². The summed E-state index contributed by atoms with van der Waals surface area (Å²) in [5.41, 5.74) is 0.921. The molecule has 0 aromatic rings. The van der Waals surface area contributed by atoms with Crippen molar-refractivity contribution in [1.29, 1.82) is 0 Å². The van der Waals surface area contributed by atoms with Crippen molar-refractivity contribution in [2.75, 3.05) is 25.9 Å². The topological polar surface area (TPSA) is 83.6 Å². The lowest BCUT2D eigenvalue weighted by molar-refractivity contribution is -0.127. The van der Waals surface area contributed by atoms with Gasteiger partial charge in [-0.25, -0.2) is 8.42 Å². The molecule has 2 amide bonds. The van der Waals surface area contributed by atoms with E-state index in [-0.39, 0.29) is 5.91 Å². The highest BCUT2D eigenvalue weighted by Crippen LogP contribution is 2.19. The second-order valence-corrected chi connectivity index (χ2v) is 7.51. The molecule has 1 fully saturated rings. The van der Waals surface area contributed by atoms with Crippen LogP contribution in [0, 0.1) is 0 Å². The zero-order valence-corrected chi connectivity index (χ0v) is 13.0. The number of carbonyl (C=O) groups excluding carboxylic acids is 2. The lowest BCUT2D eigenvalue weighted by atomic mass is 10.1. The predicted molar refractivity (Wildman–Crippen MR) is 76.9 cm³/mol. The van der Waals surface area contributed by atoms with E-state index in [4.69, 9.17) is 0 Å². The smallest absolute Gasteiger partial charge is 0.246 e. The molecule has 0 atom stereocenters. The Balaban J connectivity index is 2.60. The van der Waals surface area contributed by atoms with Gasteiger partial charge in [0.1, 0.15) is 5.75 Å². The average molecular weight is 302 g/mol. The summed E-state index contributed by atoms with van der Waals surface area (Å²) in [5, 5.41) is 1.79. The summed E-state index contributed by atoms with van der Waals surface area (Å²) < 4.78 is 24.1. The summed E-state index contributed by atoms with van der Waals surface area (Å²) in [6.07, 6.45) is 2.34. The lowest BCUT2D eigenvalue weighted by Gasteiger charge is -2.31. The number of piperidine rings is 1. The Morgan fingerprint density at radius 2 is 1.80 bits per heavy atom. The van der Waals surface area contributed by atoms with Crippen LogP contribution >= 0.6 is 0 Å². The van der Waals surface area contributed by atoms with E-state index >= 15 is 0 Å². The van der Waals surface area contributed by atoms with E-state index in [1.54, 1.807) is 11.0 Å². The zero-order chi connectivity index (χ0) is 15.3. The maximum absolute atomic E-state index is 12.0. The highest BCUT2D eigenvalue weighted by Gasteiger charge is 2.32. The fourth-order valence-electron chi connectivity index (χ4n) is 2.15. The van der Waals surface area contributed by atoms with Gasteiger partial charge >= 0.3 is 0 Å². The molecule has 0 aromatic heterocycles. The number of likely N-dealkylation sites (tertiary alicyclic amines) is 1. The Morgan fingerprint density at radius 3 is 2.25 bits per heavy atom. The van der Waals surface area contributed by atoms with Crippen molar-refractivity contribution in [2.45, 2.75) is 31.9 Å². The van der Waals surface area contributed by atoms with Crippen LogP contribution in [0.3, 0.4) is 0 Å². The number of amides is 2. The van der Waals surface area contributed by atoms with E-state index in [1.807, 2.05) is 13.8 Å². The van der Waals surface area contributed by atoms with E-state index in [1.165, 1.54) is 7.05 Å². The van der Waals surface area contributed by atoms with Gasteiger partial charge in [-0.1, -0.05) is 5.57 Å². The number of allylic oxidation sites excluding steroid dienone is 1. The van der Waals surface area contributed by atoms with Crippen molar-refractivity contribution in [2.24, 2.45) is 0 Å². The molecule has 1 N–H and O–H groups in total. The lowest BCUT2D eigenvalue weighted by Crippen LogP contribution is -2.43. The fraction of sp³-hybridized carbons (Fsp3) is 0.692. The molecule has 1 heterocycles. The molecule has 0 bridgehead atoms. The van der Waals surface area contributed by atoms with Crippen LogP contribution in [0.25, 0.3) is 0 Å². The van der Waals surface area contributed by atoms with Crippen LogP contribution in [-0.2, 0) is 19.4 Å². The Kier molecular flexibility index (Phi) is 5.74. The van der Waals surface area contributed by atoms with Crippen molar-refractivity contribution in [1.82, 2.24) is 10.2 Å². The van der Waals surface area contributed by atoms with Gasteiger partial charge in [-0.15, -0.1) is 0 Å². The molecule has 114 valence electrons. The molecule has 20 heavy (non-hydrogen) atoms. The third-order valence-corrected chi connectivity index (χ3v) is 5.44. The Hall–Kier alpha value is -1.37. The van der Waals surface area contributed by atoms with Gasteiger partial charge in [0.2, 0.25) is 11.8 Å². The summed E-state index contributed by atoms with van der Waals surface area (Å²) in [7, 11) is -2.02. The summed E-state index contributed by atoms with van der Waals surface area (Å²) in [5.74, 6) is -1.05. The molecule has 1 aliphatic rings. The minimum atomic E-state index is -3.43. The fourth-order valence-corrected chi connectivity index (χ4v) is 3.82. The maximum Gasteiger partial charge on any atom is 0.246 e. The summed E-state index contributed by atoms with van der Waals surface area (Å²) in [4.78, 5) is 24.7. The van der Waals surface area contributed by atoms with Gasteiger partial charge in [0.05, 0.1) is 5.25 Å². The molecule has 1 rings (SSSR count).